The first-order valence-corrected chi connectivity index (χ1v) is 8.29. The molecule has 0 spiro atoms. The van der Waals surface area contributed by atoms with Gasteiger partial charge < -0.3 is 14.4 Å². The number of hydrogen-bond acceptors (Lipinski definition) is 3. The van der Waals surface area contributed by atoms with Crippen molar-refractivity contribution in [1.29, 1.82) is 0 Å². The summed E-state index contributed by atoms with van der Waals surface area (Å²) in [6, 6.07) is 2.98. The zero-order valence-electron chi connectivity index (χ0n) is 13.7. The van der Waals surface area contributed by atoms with Gasteiger partial charge in [-0.1, -0.05) is 25.4 Å². The lowest BCUT2D eigenvalue weighted by molar-refractivity contribution is -0.318. The van der Waals surface area contributed by atoms with E-state index in [0.717, 1.165) is 6.42 Å². The van der Waals surface area contributed by atoms with Crippen LogP contribution in [0.3, 0.4) is 0 Å². The molecule has 0 bridgehead atoms. The van der Waals surface area contributed by atoms with E-state index in [1.165, 1.54) is 23.1 Å². The molecule has 5 nitrogen and oxygen atoms in total. The zero-order chi connectivity index (χ0) is 18.4. The number of amides is 2. The van der Waals surface area contributed by atoms with Gasteiger partial charge in [0, 0.05) is 24.2 Å². The highest BCUT2D eigenvalue weighted by Crippen LogP contribution is 2.46. The van der Waals surface area contributed by atoms with Gasteiger partial charge in [0.2, 0.25) is 0 Å². The van der Waals surface area contributed by atoms with Crippen LogP contribution in [-0.4, -0.2) is 36.1 Å². The van der Waals surface area contributed by atoms with E-state index in [1.54, 1.807) is 0 Å². The monoisotopic (exact) mass is 378 g/mol. The fourth-order valence-corrected chi connectivity index (χ4v) is 3.42. The highest BCUT2D eigenvalue weighted by atomic mass is 35.5. The van der Waals surface area contributed by atoms with Gasteiger partial charge in [-0.2, -0.15) is 13.2 Å². The standard InChI is InChI=1S/C16H18ClF3N2O3/c1-9-5-10(2)8-22(7-9)14(23)21-16(15(18,19)20)24-12-4-3-11(17)6-13(12)25-16/h3-4,6,9-10H,5,7-8H2,1-2H3,(H,21,23)/t9-,10-,16-/m0/s1. The molecule has 1 saturated heterocycles. The number of nitrogens with zero attached hydrogens (tertiary/aromatic N) is 1. The molecule has 2 amide bonds. The number of nitrogens with one attached hydrogen (secondary N) is 1. The predicted octanol–water partition coefficient (Wildman–Crippen LogP) is 4.01. The topological polar surface area (TPSA) is 50.8 Å². The van der Waals surface area contributed by atoms with E-state index in [4.69, 9.17) is 21.1 Å². The quantitative estimate of drug-likeness (QED) is 0.803. The van der Waals surface area contributed by atoms with Gasteiger partial charge in [0.1, 0.15) is 0 Å². The summed E-state index contributed by atoms with van der Waals surface area (Å²) in [6.07, 6.45) is -4.06. The number of urea groups is 1. The van der Waals surface area contributed by atoms with Crippen LogP contribution in [0.5, 0.6) is 11.5 Å². The molecule has 3 rings (SSSR count). The van der Waals surface area contributed by atoms with Crippen LogP contribution in [0.2, 0.25) is 5.02 Å². The summed E-state index contributed by atoms with van der Waals surface area (Å²) in [5.41, 5.74) is 0. The Balaban J connectivity index is 1.83. The highest BCUT2D eigenvalue weighted by Gasteiger charge is 2.66. The predicted molar refractivity (Wildman–Crippen MR) is 84.5 cm³/mol. The first-order valence-electron chi connectivity index (χ1n) is 7.91. The van der Waals surface area contributed by atoms with Gasteiger partial charge in [-0.25, -0.2) is 4.79 Å². The molecule has 138 valence electrons. The van der Waals surface area contributed by atoms with Crippen molar-refractivity contribution in [3.05, 3.63) is 23.2 Å². The molecule has 1 aromatic rings. The summed E-state index contributed by atoms with van der Waals surface area (Å²) < 4.78 is 50.9. The van der Waals surface area contributed by atoms with Crippen LogP contribution in [0.1, 0.15) is 20.3 Å². The second-order valence-corrected chi connectivity index (χ2v) is 7.13. The third-order valence-corrected chi connectivity index (χ3v) is 4.45. The van der Waals surface area contributed by atoms with Crippen LogP contribution in [0.4, 0.5) is 18.0 Å². The molecular formula is C16H18ClF3N2O3. The van der Waals surface area contributed by atoms with Crippen molar-refractivity contribution in [2.45, 2.75) is 32.4 Å². The lowest BCUT2D eigenvalue weighted by Crippen LogP contribution is -2.67. The average molecular weight is 379 g/mol. The van der Waals surface area contributed by atoms with Crippen LogP contribution in [-0.2, 0) is 0 Å². The van der Waals surface area contributed by atoms with E-state index >= 15 is 0 Å². The molecule has 2 aliphatic rings. The van der Waals surface area contributed by atoms with Crippen molar-refractivity contribution >= 4 is 17.6 Å². The molecule has 25 heavy (non-hydrogen) atoms. The number of hydrogen-bond donors (Lipinski definition) is 1. The average Bonchev–Trinajstić information content (AvgIpc) is 2.84. The largest absolute Gasteiger partial charge is 0.492 e. The number of likely N-dealkylation sites (tertiary alicyclic amines) is 1. The minimum Gasteiger partial charge on any atom is -0.424 e. The van der Waals surface area contributed by atoms with E-state index in [-0.39, 0.29) is 28.4 Å². The maximum absolute atomic E-state index is 13.6. The lowest BCUT2D eigenvalue weighted by Gasteiger charge is -2.37. The Kier molecular flexibility index (Phi) is 4.43. The number of halogens is 4. The van der Waals surface area contributed by atoms with Gasteiger partial charge in [-0.05, 0) is 30.4 Å². The minimum atomic E-state index is -4.98. The van der Waals surface area contributed by atoms with Crippen LogP contribution < -0.4 is 14.8 Å². The first-order chi connectivity index (χ1) is 11.6. The number of carbonyl (C=O) groups is 1. The molecule has 9 heteroatoms. The van der Waals surface area contributed by atoms with Crippen LogP contribution in [0.25, 0.3) is 0 Å². The molecule has 1 fully saturated rings. The molecule has 2 heterocycles. The van der Waals surface area contributed by atoms with Gasteiger partial charge in [-0.15, -0.1) is 0 Å². The number of carbonyl (C=O) groups excluding carboxylic acids is 1. The van der Waals surface area contributed by atoms with Crippen molar-refractivity contribution in [2.75, 3.05) is 13.1 Å². The van der Waals surface area contributed by atoms with Crippen molar-refractivity contribution in [3.63, 3.8) is 0 Å². The Morgan fingerprint density at radius 1 is 1.24 bits per heavy atom. The summed E-state index contributed by atoms with van der Waals surface area (Å²) in [6.45, 7) is 4.66. The number of piperidine rings is 1. The molecule has 0 aromatic heterocycles. The van der Waals surface area contributed by atoms with Crippen molar-refractivity contribution in [2.24, 2.45) is 11.8 Å². The number of alkyl halides is 3. The smallest absolute Gasteiger partial charge is 0.424 e. The van der Waals surface area contributed by atoms with Crippen molar-refractivity contribution in [1.82, 2.24) is 10.2 Å². The molecular weight excluding hydrogens is 361 g/mol. The molecule has 2 aliphatic heterocycles. The summed E-state index contributed by atoms with van der Waals surface area (Å²) in [7, 11) is 0. The maximum Gasteiger partial charge on any atom is 0.492 e. The van der Waals surface area contributed by atoms with Gasteiger partial charge in [0.25, 0.3) is 0 Å². The number of rotatable bonds is 1. The molecule has 0 saturated carbocycles. The third kappa shape index (κ3) is 3.44. The van der Waals surface area contributed by atoms with Gasteiger partial charge in [0.15, 0.2) is 11.5 Å². The van der Waals surface area contributed by atoms with E-state index in [2.05, 4.69) is 0 Å². The molecule has 0 unspecified atom stereocenters. The van der Waals surface area contributed by atoms with Gasteiger partial charge in [0.05, 0.1) is 0 Å². The SMILES string of the molecule is C[C@H]1C[C@H](C)CN(C(=O)N[C@@]2(C(F)(F)F)Oc3ccc(Cl)cc3O2)C1. The summed E-state index contributed by atoms with van der Waals surface area (Å²) in [5, 5.41) is 2.08. The second-order valence-electron chi connectivity index (χ2n) is 6.69. The number of fused-ring (bicyclic) bond motifs is 1. The number of ether oxygens (including phenoxy) is 2. The summed E-state index contributed by atoms with van der Waals surface area (Å²) in [4.78, 5) is 13.8. The molecule has 1 N–H and O–H groups in total. The second kappa shape index (κ2) is 6.16. The molecule has 0 radical (unpaired) electrons. The normalized spacial score (nSPS) is 28.8. The van der Waals surface area contributed by atoms with E-state index in [0.29, 0.717) is 13.1 Å². The van der Waals surface area contributed by atoms with Crippen molar-refractivity contribution < 1.29 is 27.4 Å². The summed E-state index contributed by atoms with van der Waals surface area (Å²) in [5.74, 6) is -3.16. The van der Waals surface area contributed by atoms with Crippen LogP contribution in [0.15, 0.2) is 18.2 Å². The molecule has 1 aromatic carbocycles. The van der Waals surface area contributed by atoms with Gasteiger partial charge >= 0.3 is 18.1 Å². The number of benzene rings is 1. The Morgan fingerprint density at radius 2 is 1.84 bits per heavy atom. The Bertz CT molecular complexity index is 675. The maximum atomic E-state index is 13.6. The first kappa shape index (κ1) is 18.0. The Labute approximate surface area is 148 Å². The highest BCUT2D eigenvalue weighted by molar-refractivity contribution is 6.30. The fourth-order valence-electron chi connectivity index (χ4n) is 3.26. The third-order valence-electron chi connectivity index (χ3n) is 4.21. The Hall–Kier alpha value is -1.83. The van der Waals surface area contributed by atoms with E-state index < -0.39 is 18.1 Å². The Morgan fingerprint density at radius 3 is 2.44 bits per heavy atom. The van der Waals surface area contributed by atoms with E-state index in [1.807, 2.05) is 19.2 Å². The van der Waals surface area contributed by atoms with E-state index in [9.17, 15) is 18.0 Å². The van der Waals surface area contributed by atoms with Gasteiger partial charge in [-0.3, -0.25) is 5.32 Å². The fraction of sp³-hybridized carbons (Fsp3) is 0.562. The molecule has 3 atom stereocenters. The molecule has 0 aliphatic carbocycles. The lowest BCUT2D eigenvalue weighted by atomic mass is 9.92. The zero-order valence-corrected chi connectivity index (χ0v) is 14.4. The van der Waals surface area contributed by atoms with Crippen LogP contribution >= 0.6 is 11.6 Å². The van der Waals surface area contributed by atoms with Crippen molar-refractivity contribution in [3.8, 4) is 11.5 Å². The minimum absolute atomic E-state index is 0.137. The van der Waals surface area contributed by atoms with Crippen LogP contribution in [0, 0.1) is 11.8 Å². The summed E-state index contributed by atoms with van der Waals surface area (Å²) >= 11 is 5.78.